The van der Waals surface area contributed by atoms with Gasteiger partial charge in [-0.25, -0.2) is 0 Å². The molecule has 1 heterocycles. The van der Waals surface area contributed by atoms with Gasteiger partial charge in [-0.15, -0.1) is 0 Å². The molecule has 3 rings (SSSR count). The van der Waals surface area contributed by atoms with E-state index >= 15 is 0 Å². The highest BCUT2D eigenvalue weighted by molar-refractivity contribution is 5.81. The number of rotatable bonds is 3. The highest BCUT2D eigenvalue weighted by Crippen LogP contribution is 2.54. The van der Waals surface area contributed by atoms with Crippen LogP contribution in [0.2, 0.25) is 0 Å². The van der Waals surface area contributed by atoms with E-state index < -0.39 is 0 Å². The summed E-state index contributed by atoms with van der Waals surface area (Å²) >= 11 is 0. The van der Waals surface area contributed by atoms with E-state index in [4.69, 9.17) is 0 Å². The van der Waals surface area contributed by atoms with Crippen LogP contribution in [0.25, 0.3) is 0 Å². The van der Waals surface area contributed by atoms with E-state index in [0.717, 1.165) is 24.7 Å². The summed E-state index contributed by atoms with van der Waals surface area (Å²) in [5.41, 5.74) is 0. The van der Waals surface area contributed by atoms with Gasteiger partial charge in [0, 0.05) is 32.1 Å². The molecule has 2 saturated carbocycles. The molecule has 1 aliphatic heterocycles. The van der Waals surface area contributed by atoms with Crippen LogP contribution >= 0.6 is 0 Å². The quantitative estimate of drug-likeness (QED) is 0.744. The van der Waals surface area contributed by atoms with Gasteiger partial charge in [0.1, 0.15) is 0 Å². The van der Waals surface area contributed by atoms with Crippen molar-refractivity contribution in [3.8, 4) is 0 Å². The molecule has 2 amide bonds. The number of likely N-dealkylation sites (N-methyl/N-ethyl adjacent to an activating group) is 1. The number of nitrogens with zero attached hydrogens (tertiary/aromatic N) is 3. The van der Waals surface area contributed by atoms with Gasteiger partial charge in [0.2, 0.25) is 11.8 Å². The van der Waals surface area contributed by atoms with Gasteiger partial charge in [-0.1, -0.05) is 0 Å². The third-order valence-corrected chi connectivity index (χ3v) is 4.99. The lowest BCUT2D eigenvalue weighted by atomic mass is 10.0. The first-order valence-electron chi connectivity index (χ1n) is 7.76. The van der Waals surface area contributed by atoms with Gasteiger partial charge in [-0.05, 0) is 45.2 Å². The molecular formula is C15H25N3O2. The first kappa shape index (κ1) is 13.9. The van der Waals surface area contributed by atoms with E-state index in [-0.39, 0.29) is 11.8 Å². The Morgan fingerprint density at radius 3 is 2.05 bits per heavy atom. The summed E-state index contributed by atoms with van der Waals surface area (Å²) in [6.07, 6.45) is 3.59. The number of piperazine rings is 1. The van der Waals surface area contributed by atoms with Crippen LogP contribution in [-0.2, 0) is 9.59 Å². The van der Waals surface area contributed by atoms with E-state index in [1.807, 2.05) is 28.8 Å². The van der Waals surface area contributed by atoms with Crippen molar-refractivity contribution in [2.75, 3.05) is 46.8 Å². The van der Waals surface area contributed by atoms with Crippen molar-refractivity contribution in [2.45, 2.75) is 19.3 Å². The Bertz CT molecular complexity index is 392. The molecule has 0 spiro atoms. The number of carbonyl (C=O) groups is 2. The van der Waals surface area contributed by atoms with Gasteiger partial charge >= 0.3 is 0 Å². The standard InChI is InChI=1S/C15H25N3O2/c1-16(2)10-14(19)17-3-5-18(6-4-17)15(20)13-8-11-7-12(11)9-13/h11-13H,3-10H2,1-2H3. The molecule has 2 unspecified atom stereocenters. The Morgan fingerprint density at radius 2 is 1.50 bits per heavy atom. The lowest BCUT2D eigenvalue weighted by Crippen LogP contribution is -2.53. The van der Waals surface area contributed by atoms with E-state index in [1.165, 1.54) is 6.42 Å². The first-order valence-corrected chi connectivity index (χ1v) is 7.76. The summed E-state index contributed by atoms with van der Waals surface area (Å²) in [6, 6.07) is 0. The fourth-order valence-electron chi connectivity index (χ4n) is 3.72. The van der Waals surface area contributed by atoms with Gasteiger partial charge in [0.25, 0.3) is 0 Å². The summed E-state index contributed by atoms with van der Waals surface area (Å²) in [6.45, 7) is 3.27. The zero-order valence-corrected chi connectivity index (χ0v) is 12.5. The second-order valence-corrected chi connectivity index (χ2v) is 6.87. The lowest BCUT2D eigenvalue weighted by molar-refractivity contribution is -0.142. The summed E-state index contributed by atoms with van der Waals surface area (Å²) in [7, 11) is 3.81. The molecule has 2 atom stereocenters. The Kier molecular flexibility index (Phi) is 3.71. The first-order chi connectivity index (χ1) is 9.54. The maximum absolute atomic E-state index is 12.4. The molecule has 0 aromatic rings. The molecule has 112 valence electrons. The molecule has 3 fully saturated rings. The van der Waals surface area contributed by atoms with Crippen molar-refractivity contribution in [1.82, 2.24) is 14.7 Å². The van der Waals surface area contributed by atoms with Gasteiger partial charge in [-0.3, -0.25) is 9.59 Å². The summed E-state index contributed by atoms with van der Waals surface area (Å²) in [5, 5.41) is 0. The largest absolute Gasteiger partial charge is 0.339 e. The van der Waals surface area contributed by atoms with Crippen LogP contribution in [0.5, 0.6) is 0 Å². The molecule has 1 saturated heterocycles. The van der Waals surface area contributed by atoms with Gasteiger partial charge in [0.15, 0.2) is 0 Å². The summed E-state index contributed by atoms with van der Waals surface area (Å²) in [4.78, 5) is 30.2. The van der Waals surface area contributed by atoms with E-state index in [2.05, 4.69) is 0 Å². The van der Waals surface area contributed by atoms with E-state index in [0.29, 0.717) is 38.6 Å². The van der Waals surface area contributed by atoms with Crippen LogP contribution in [-0.4, -0.2) is 73.3 Å². The second-order valence-electron chi connectivity index (χ2n) is 6.87. The minimum atomic E-state index is 0.171. The van der Waals surface area contributed by atoms with Crippen molar-refractivity contribution < 1.29 is 9.59 Å². The topological polar surface area (TPSA) is 43.9 Å². The Labute approximate surface area is 120 Å². The zero-order valence-electron chi connectivity index (χ0n) is 12.5. The highest BCUT2D eigenvalue weighted by Gasteiger charge is 2.48. The minimum absolute atomic E-state index is 0.171. The predicted octanol–water partition coefficient (Wildman–Crippen LogP) is 0.265. The average molecular weight is 279 g/mol. The fourth-order valence-corrected chi connectivity index (χ4v) is 3.72. The third kappa shape index (κ3) is 2.82. The van der Waals surface area contributed by atoms with Crippen LogP contribution in [0.15, 0.2) is 0 Å². The smallest absolute Gasteiger partial charge is 0.236 e. The molecule has 0 aromatic heterocycles. The van der Waals surface area contributed by atoms with Crippen molar-refractivity contribution in [3.05, 3.63) is 0 Å². The van der Waals surface area contributed by atoms with Gasteiger partial charge < -0.3 is 14.7 Å². The van der Waals surface area contributed by atoms with Crippen LogP contribution in [0.1, 0.15) is 19.3 Å². The fraction of sp³-hybridized carbons (Fsp3) is 0.867. The number of hydrogen-bond acceptors (Lipinski definition) is 3. The summed E-state index contributed by atoms with van der Waals surface area (Å²) < 4.78 is 0. The van der Waals surface area contributed by atoms with Crippen molar-refractivity contribution in [1.29, 1.82) is 0 Å². The Hall–Kier alpha value is -1.10. The SMILES string of the molecule is CN(C)CC(=O)N1CCN(C(=O)C2CC3CC3C2)CC1. The van der Waals surface area contributed by atoms with Crippen LogP contribution in [0.4, 0.5) is 0 Å². The molecule has 0 aromatic carbocycles. The number of carbonyl (C=O) groups excluding carboxylic acids is 2. The van der Waals surface area contributed by atoms with Crippen molar-refractivity contribution >= 4 is 11.8 Å². The Morgan fingerprint density at radius 1 is 0.950 bits per heavy atom. The molecule has 5 nitrogen and oxygen atoms in total. The molecule has 0 N–H and O–H groups in total. The van der Waals surface area contributed by atoms with Crippen LogP contribution in [0.3, 0.4) is 0 Å². The second kappa shape index (κ2) is 5.35. The predicted molar refractivity (Wildman–Crippen MR) is 76.0 cm³/mol. The third-order valence-electron chi connectivity index (χ3n) is 4.99. The van der Waals surface area contributed by atoms with Crippen molar-refractivity contribution in [2.24, 2.45) is 17.8 Å². The number of amides is 2. The lowest BCUT2D eigenvalue weighted by Gasteiger charge is -2.36. The van der Waals surface area contributed by atoms with Crippen LogP contribution < -0.4 is 0 Å². The van der Waals surface area contributed by atoms with E-state index in [9.17, 15) is 9.59 Å². The molecular weight excluding hydrogens is 254 g/mol. The van der Waals surface area contributed by atoms with Crippen molar-refractivity contribution in [3.63, 3.8) is 0 Å². The summed E-state index contributed by atoms with van der Waals surface area (Å²) in [5.74, 6) is 2.50. The van der Waals surface area contributed by atoms with E-state index in [1.54, 1.807) is 0 Å². The highest BCUT2D eigenvalue weighted by atomic mass is 16.2. The molecule has 3 aliphatic rings. The van der Waals surface area contributed by atoms with Gasteiger partial charge in [-0.2, -0.15) is 0 Å². The monoisotopic (exact) mass is 279 g/mol. The minimum Gasteiger partial charge on any atom is -0.339 e. The number of fused-ring (bicyclic) bond motifs is 1. The van der Waals surface area contributed by atoms with Crippen LogP contribution in [0, 0.1) is 17.8 Å². The average Bonchev–Trinajstić information content (AvgIpc) is 3.04. The zero-order chi connectivity index (χ0) is 14.3. The number of hydrogen-bond donors (Lipinski definition) is 0. The van der Waals surface area contributed by atoms with Gasteiger partial charge in [0.05, 0.1) is 6.54 Å². The molecule has 20 heavy (non-hydrogen) atoms. The molecule has 0 radical (unpaired) electrons. The maximum Gasteiger partial charge on any atom is 0.236 e. The Balaban J connectivity index is 1.46. The normalized spacial score (nSPS) is 32.5. The molecule has 5 heteroatoms. The molecule has 2 aliphatic carbocycles. The molecule has 0 bridgehead atoms. The maximum atomic E-state index is 12.4.